The van der Waals surface area contributed by atoms with Crippen LogP contribution in [0.5, 0.6) is 0 Å². The molecule has 0 saturated heterocycles. The van der Waals surface area contributed by atoms with Gasteiger partial charge in [-0.25, -0.2) is 0 Å². The smallest absolute Gasteiger partial charge is 0.305 e. The molecule has 92 valence electrons. The van der Waals surface area contributed by atoms with Gasteiger partial charge in [0.05, 0.1) is 17.5 Å². The maximum atomic E-state index is 11.8. The lowest BCUT2D eigenvalue weighted by Crippen LogP contribution is -2.57. The van der Waals surface area contributed by atoms with Crippen LogP contribution in [-0.2, 0) is 9.59 Å². The first kappa shape index (κ1) is 13.0. The van der Waals surface area contributed by atoms with Crippen LogP contribution in [0.3, 0.4) is 0 Å². The fraction of sp³-hybridized carbons (Fsp3) is 0.818. The van der Waals surface area contributed by atoms with E-state index in [1.54, 1.807) is 13.8 Å². The molecular formula is C11H20N2O3. The van der Waals surface area contributed by atoms with Gasteiger partial charge in [0.1, 0.15) is 0 Å². The Morgan fingerprint density at radius 3 is 2.25 bits per heavy atom. The first-order chi connectivity index (χ1) is 7.25. The van der Waals surface area contributed by atoms with Gasteiger partial charge in [-0.1, -0.05) is 12.8 Å². The Morgan fingerprint density at radius 1 is 1.38 bits per heavy atom. The van der Waals surface area contributed by atoms with Gasteiger partial charge in [-0.15, -0.1) is 0 Å². The fourth-order valence-corrected chi connectivity index (χ4v) is 2.09. The number of aliphatic carboxylic acids is 1. The van der Waals surface area contributed by atoms with Gasteiger partial charge in [-0.2, -0.15) is 0 Å². The predicted octanol–water partition coefficient (Wildman–Crippen LogP) is 0.627. The van der Waals surface area contributed by atoms with Crippen molar-refractivity contribution in [3.05, 3.63) is 0 Å². The average Bonchev–Trinajstić information content (AvgIpc) is 2.49. The maximum Gasteiger partial charge on any atom is 0.305 e. The van der Waals surface area contributed by atoms with Gasteiger partial charge in [0.2, 0.25) is 5.91 Å². The molecule has 1 fully saturated rings. The van der Waals surface area contributed by atoms with Gasteiger partial charge in [0.25, 0.3) is 0 Å². The summed E-state index contributed by atoms with van der Waals surface area (Å²) in [4.78, 5) is 22.6. The van der Waals surface area contributed by atoms with Crippen molar-refractivity contribution in [1.82, 2.24) is 5.32 Å². The molecule has 4 N–H and O–H groups in total. The predicted molar refractivity (Wildman–Crippen MR) is 59.9 cm³/mol. The van der Waals surface area contributed by atoms with Crippen LogP contribution < -0.4 is 11.1 Å². The summed E-state index contributed by atoms with van der Waals surface area (Å²) >= 11 is 0. The molecule has 0 heterocycles. The molecule has 5 nitrogen and oxygen atoms in total. The van der Waals surface area contributed by atoms with E-state index in [-0.39, 0.29) is 12.3 Å². The topological polar surface area (TPSA) is 92.4 Å². The summed E-state index contributed by atoms with van der Waals surface area (Å²) < 4.78 is 0. The largest absolute Gasteiger partial charge is 0.481 e. The number of hydrogen-bond acceptors (Lipinski definition) is 3. The molecule has 1 aliphatic rings. The van der Waals surface area contributed by atoms with E-state index in [4.69, 9.17) is 10.8 Å². The number of nitrogens with two attached hydrogens (primary N) is 1. The molecular weight excluding hydrogens is 208 g/mol. The van der Waals surface area contributed by atoms with Crippen molar-refractivity contribution in [2.75, 3.05) is 0 Å². The number of carbonyl (C=O) groups excluding carboxylic acids is 1. The van der Waals surface area contributed by atoms with Crippen molar-refractivity contribution in [3.63, 3.8) is 0 Å². The second-order valence-corrected chi connectivity index (χ2v) is 5.23. The molecule has 0 bridgehead atoms. The third-order valence-electron chi connectivity index (χ3n) is 3.01. The van der Waals surface area contributed by atoms with E-state index in [1.807, 2.05) is 0 Å². The van der Waals surface area contributed by atoms with Gasteiger partial charge in [0.15, 0.2) is 0 Å². The molecule has 0 unspecified atom stereocenters. The minimum Gasteiger partial charge on any atom is -0.481 e. The van der Waals surface area contributed by atoms with E-state index >= 15 is 0 Å². The van der Waals surface area contributed by atoms with Crippen LogP contribution in [0, 0.1) is 0 Å². The van der Waals surface area contributed by atoms with Crippen LogP contribution in [0.15, 0.2) is 0 Å². The van der Waals surface area contributed by atoms with Crippen molar-refractivity contribution in [3.8, 4) is 0 Å². The summed E-state index contributed by atoms with van der Waals surface area (Å²) in [6.07, 6.45) is 3.34. The van der Waals surface area contributed by atoms with Gasteiger partial charge >= 0.3 is 5.97 Å². The normalized spacial score (nSPS) is 19.4. The van der Waals surface area contributed by atoms with Crippen LogP contribution in [0.1, 0.15) is 46.0 Å². The Kier molecular flexibility index (Phi) is 3.57. The van der Waals surface area contributed by atoms with E-state index in [2.05, 4.69) is 5.32 Å². The van der Waals surface area contributed by atoms with Crippen molar-refractivity contribution in [2.24, 2.45) is 5.73 Å². The van der Waals surface area contributed by atoms with Gasteiger partial charge < -0.3 is 16.2 Å². The van der Waals surface area contributed by atoms with Crippen molar-refractivity contribution < 1.29 is 14.7 Å². The molecule has 0 aromatic heterocycles. The molecule has 1 aliphatic carbocycles. The minimum absolute atomic E-state index is 0.0190. The Labute approximate surface area is 95.4 Å². The van der Waals surface area contributed by atoms with E-state index in [1.165, 1.54) is 0 Å². The second kappa shape index (κ2) is 4.41. The average molecular weight is 228 g/mol. The highest BCUT2D eigenvalue weighted by Gasteiger charge is 2.39. The standard InChI is InChI=1S/C11H20N2O3/c1-10(2,12)9(16)13-11(7-8(14)15)5-3-4-6-11/h3-7,12H2,1-2H3,(H,13,16)(H,14,15). The van der Waals surface area contributed by atoms with Crippen LogP contribution in [0.2, 0.25) is 0 Å². The zero-order chi connectivity index (χ0) is 12.4. The monoisotopic (exact) mass is 228 g/mol. The van der Waals surface area contributed by atoms with E-state index in [0.29, 0.717) is 0 Å². The molecule has 0 aliphatic heterocycles. The molecule has 1 rings (SSSR count). The van der Waals surface area contributed by atoms with E-state index in [0.717, 1.165) is 25.7 Å². The van der Waals surface area contributed by atoms with E-state index in [9.17, 15) is 9.59 Å². The molecule has 0 aromatic carbocycles. The third kappa shape index (κ3) is 3.20. The van der Waals surface area contributed by atoms with Crippen molar-refractivity contribution in [2.45, 2.75) is 57.0 Å². The first-order valence-electron chi connectivity index (χ1n) is 5.58. The molecule has 0 atom stereocenters. The lowest BCUT2D eigenvalue weighted by Gasteiger charge is -2.32. The number of carboxylic acid groups (broad SMARTS) is 1. The molecule has 1 amide bonds. The Hall–Kier alpha value is -1.10. The third-order valence-corrected chi connectivity index (χ3v) is 3.01. The highest BCUT2D eigenvalue weighted by atomic mass is 16.4. The maximum absolute atomic E-state index is 11.8. The number of carboxylic acids is 1. The number of hydrogen-bond donors (Lipinski definition) is 3. The zero-order valence-electron chi connectivity index (χ0n) is 9.88. The van der Waals surface area contributed by atoms with E-state index < -0.39 is 17.0 Å². The Balaban J connectivity index is 2.72. The van der Waals surface area contributed by atoms with Crippen LogP contribution >= 0.6 is 0 Å². The SMILES string of the molecule is CC(C)(N)C(=O)NC1(CC(=O)O)CCCC1. The first-order valence-corrected chi connectivity index (χ1v) is 5.58. The highest BCUT2D eigenvalue weighted by Crippen LogP contribution is 2.32. The Bertz CT molecular complexity index is 288. The van der Waals surface area contributed by atoms with Crippen molar-refractivity contribution >= 4 is 11.9 Å². The van der Waals surface area contributed by atoms with Crippen LogP contribution in [0.4, 0.5) is 0 Å². The lowest BCUT2D eigenvalue weighted by molar-refractivity contribution is -0.139. The minimum atomic E-state index is -0.964. The number of rotatable bonds is 4. The number of carbonyl (C=O) groups is 2. The molecule has 5 heteroatoms. The molecule has 16 heavy (non-hydrogen) atoms. The summed E-state index contributed by atoms with van der Waals surface area (Å²) in [6.45, 7) is 3.23. The number of nitrogens with one attached hydrogen (secondary N) is 1. The number of amides is 1. The lowest BCUT2D eigenvalue weighted by atomic mass is 9.91. The fourth-order valence-electron chi connectivity index (χ4n) is 2.09. The summed E-state index contributed by atoms with van der Waals surface area (Å²) in [5, 5.41) is 11.7. The summed E-state index contributed by atoms with van der Waals surface area (Å²) in [5.41, 5.74) is 4.14. The van der Waals surface area contributed by atoms with Crippen LogP contribution in [0.25, 0.3) is 0 Å². The van der Waals surface area contributed by atoms with Gasteiger partial charge in [-0.05, 0) is 26.7 Å². The van der Waals surface area contributed by atoms with Crippen LogP contribution in [-0.4, -0.2) is 28.1 Å². The van der Waals surface area contributed by atoms with Gasteiger partial charge in [0, 0.05) is 0 Å². The summed E-state index contributed by atoms with van der Waals surface area (Å²) in [5.74, 6) is -1.16. The van der Waals surface area contributed by atoms with Gasteiger partial charge in [-0.3, -0.25) is 9.59 Å². The summed E-state index contributed by atoms with van der Waals surface area (Å²) in [7, 11) is 0. The zero-order valence-corrected chi connectivity index (χ0v) is 9.88. The molecule has 0 aromatic rings. The quantitative estimate of drug-likeness (QED) is 0.658. The Morgan fingerprint density at radius 2 is 1.88 bits per heavy atom. The molecule has 0 spiro atoms. The second-order valence-electron chi connectivity index (χ2n) is 5.23. The highest BCUT2D eigenvalue weighted by molar-refractivity contribution is 5.86. The molecule has 1 saturated carbocycles. The summed E-state index contributed by atoms with van der Waals surface area (Å²) in [6, 6.07) is 0. The van der Waals surface area contributed by atoms with Crippen molar-refractivity contribution in [1.29, 1.82) is 0 Å². The molecule has 0 radical (unpaired) electrons.